The molecule has 0 aliphatic carbocycles. The van der Waals surface area contributed by atoms with Crippen LogP contribution in [-0.2, 0) is 29.5 Å². The summed E-state index contributed by atoms with van der Waals surface area (Å²) in [7, 11) is -3.78. The summed E-state index contributed by atoms with van der Waals surface area (Å²) in [4.78, 5) is 3.18. The van der Waals surface area contributed by atoms with E-state index < -0.39 is 13.9 Å². The van der Waals surface area contributed by atoms with E-state index in [9.17, 15) is 9.67 Å². The van der Waals surface area contributed by atoms with E-state index in [1.165, 1.54) is 0 Å². The van der Waals surface area contributed by atoms with E-state index in [0.717, 1.165) is 5.56 Å². The lowest BCUT2D eigenvalue weighted by atomic mass is 9.91. The minimum absolute atomic E-state index is 0.00263. The quantitative estimate of drug-likeness (QED) is 0.262. The van der Waals surface area contributed by atoms with Crippen LogP contribution in [0.1, 0.15) is 32.8 Å². The third kappa shape index (κ3) is 9.29. The van der Waals surface area contributed by atoms with Crippen molar-refractivity contribution in [2.75, 3.05) is 33.0 Å². The number of hydrogen-bond acceptors (Lipinski definition) is 6. The Morgan fingerprint density at radius 1 is 1.14 bits per heavy atom. The van der Waals surface area contributed by atoms with Gasteiger partial charge >= 0.3 is 7.82 Å². The number of aliphatic hydroxyl groups excluding tert-OH is 1. The Hall–Kier alpha value is -1.26. The highest BCUT2D eigenvalue weighted by molar-refractivity contribution is 7.48. The van der Waals surface area contributed by atoms with Crippen molar-refractivity contribution in [3.05, 3.63) is 47.3 Å². The molecule has 4 atom stereocenters. The van der Waals surface area contributed by atoms with E-state index in [4.69, 9.17) is 24.9 Å². The molecule has 1 aromatic carbocycles. The van der Waals surface area contributed by atoms with Crippen LogP contribution in [0.25, 0.3) is 4.85 Å². The molecule has 0 spiro atoms. The SMILES string of the molecule is [C-]#[N+]CCOP(=O)(OCCC)OC[C@H](OCc1ccccc1)[C@H](C)[C@H](C)CO. The highest BCUT2D eigenvalue weighted by Crippen LogP contribution is 2.49. The molecule has 0 heterocycles. The van der Waals surface area contributed by atoms with Crippen molar-refractivity contribution in [1.82, 2.24) is 0 Å². The first-order valence-corrected chi connectivity index (χ1v) is 11.0. The maximum absolute atomic E-state index is 12.8. The van der Waals surface area contributed by atoms with Crippen LogP contribution in [0.3, 0.4) is 0 Å². The number of rotatable bonds is 15. The van der Waals surface area contributed by atoms with E-state index >= 15 is 0 Å². The molecule has 0 aliphatic heterocycles. The molecule has 28 heavy (non-hydrogen) atoms. The summed E-state index contributed by atoms with van der Waals surface area (Å²) < 4.78 is 34.9. The van der Waals surface area contributed by atoms with Gasteiger partial charge in [-0.3, -0.25) is 13.6 Å². The Balaban J connectivity index is 2.77. The van der Waals surface area contributed by atoms with Gasteiger partial charge in [0.25, 0.3) is 0 Å². The standard InChI is InChI=1S/C20H32NO6P/c1-5-12-25-28(23,26-13-11-21-4)27-16-20(18(3)17(2)14-22)24-15-19-9-7-6-8-10-19/h6-10,17-18,20,22H,5,11-16H2,1-3H3/t17-,18-,20+,28?/m1/s1. The zero-order chi connectivity index (χ0) is 20.8. The lowest BCUT2D eigenvalue weighted by Gasteiger charge is -2.29. The van der Waals surface area contributed by atoms with Gasteiger partial charge in [0.1, 0.15) is 6.61 Å². The molecule has 0 aliphatic rings. The average Bonchev–Trinajstić information content (AvgIpc) is 2.72. The van der Waals surface area contributed by atoms with Crippen molar-refractivity contribution in [1.29, 1.82) is 0 Å². The molecule has 1 N–H and O–H groups in total. The molecule has 0 aromatic heterocycles. The maximum Gasteiger partial charge on any atom is 0.475 e. The molecule has 1 aromatic rings. The highest BCUT2D eigenvalue weighted by atomic mass is 31.2. The van der Waals surface area contributed by atoms with Gasteiger partial charge in [-0.25, -0.2) is 11.1 Å². The fourth-order valence-corrected chi connectivity index (χ4v) is 3.60. The van der Waals surface area contributed by atoms with Gasteiger partial charge in [-0.05, 0) is 23.8 Å². The smallest absolute Gasteiger partial charge is 0.396 e. The fourth-order valence-electron chi connectivity index (χ4n) is 2.34. The number of ether oxygens (including phenoxy) is 1. The van der Waals surface area contributed by atoms with Crippen LogP contribution in [0.2, 0.25) is 0 Å². The van der Waals surface area contributed by atoms with Crippen LogP contribution in [0, 0.1) is 18.4 Å². The molecule has 1 rings (SSSR count). The third-order valence-electron chi connectivity index (χ3n) is 4.38. The molecule has 7 nitrogen and oxygen atoms in total. The summed E-state index contributed by atoms with van der Waals surface area (Å²) in [6.45, 7) is 13.2. The maximum atomic E-state index is 12.8. The summed E-state index contributed by atoms with van der Waals surface area (Å²) >= 11 is 0. The first kappa shape index (κ1) is 24.8. The minimum atomic E-state index is -3.78. The topological polar surface area (TPSA) is 78.6 Å². The Morgan fingerprint density at radius 3 is 2.43 bits per heavy atom. The molecule has 0 fully saturated rings. The molecule has 0 radical (unpaired) electrons. The van der Waals surface area contributed by atoms with Gasteiger partial charge in [0.15, 0.2) is 0 Å². The zero-order valence-electron chi connectivity index (χ0n) is 17.0. The number of phosphoric ester groups is 1. The molecule has 0 bridgehead atoms. The Kier molecular flexibility index (Phi) is 12.2. The molecular weight excluding hydrogens is 381 g/mol. The average molecular weight is 413 g/mol. The van der Waals surface area contributed by atoms with Gasteiger partial charge in [0.05, 0.1) is 25.9 Å². The van der Waals surface area contributed by atoms with Crippen molar-refractivity contribution in [3.8, 4) is 0 Å². The molecule has 8 heteroatoms. The molecule has 0 amide bonds. The summed E-state index contributed by atoms with van der Waals surface area (Å²) in [5, 5.41) is 9.50. The van der Waals surface area contributed by atoms with Gasteiger partial charge in [-0.2, -0.15) is 0 Å². The summed E-state index contributed by atoms with van der Waals surface area (Å²) in [6.07, 6.45) is 0.246. The predicted molar refractivity (Wildman–Crippen MR) is 108 cm³/mol. The van der Waals surface area contributed by atoms with Crippen molar-refractivity contribution in [3.63, 3.8) is 0 Å². The fraction of sp³-hybridized carbons (Fsp3) is 0.650. The highest BCUT2D eigenvalue weighted by Gasteiger charge is 2.31. The van der Waals surface area contributed by atoms with Gasteiger partial charge in [-0.1, -0.05) is 51.1 Å². The lowest BCUT2D eigenvalue weighted by molar-refractivity contribution is -0.0491. The molecule has 1 unspecified atom stereocenters. The first-order valence-electron chi connectivity index (χ1n) is 9.59. The number of phosphoric acid groups is 1. The zero-order valence-corrected chi connectivity index (χ0v) is 17.8. The summed E-state index contributed by atoms with van der Waals surface area (Å²) in [6, 6.07) is 9.72. The van der Waals surface area contributed by atoms with E-state index in [0.29, 0.717) is 13.0 Å². The van der Waals surface area contributed by atoms with Crippen molar-refractivity contribution < 1.29 is 28.0 Å². The predicted octanol–water partition coefficient (Wildman–Crippen LogP) is 4.32. The Bertz CT molecular complexity index is 621. The number of nitrogens with zero attached hydrogens (tertiary/aromatic N) is 1. The Morgan fingerprint density at radius 2 is 1.82 bits per heavy atom. The second kappa shape index (κ2) is 13.8. The van der Waals surface area contributed by atoms with Gasteiger partial charge in [0, 0.05) is 6.61 Å². The Labute approximate surface area is 168 Å². The van der Waals surface area contributed by atoms with Crippen LogP contribution in [-0.4, -0.2) is 44.2 Å². The van der Waals surface area contributed by atoms with E-state index in [1.807, 2.05) is 51.1 Å². The summed E-state index contributed by atoms with van der Waals surface area (Å²) in [5.74, 6) is -0.0695. The van der Waals surface area contributed by atoms with E-state index in [2.05, 4.69) is 4.85 Å². The van der Waals surface area contributed by atoms with E-state index in [-0.39, 0.29) is 44.8 Å². The van der Waals surface area contributed by atoms with Gasteiger partial charge in [-0.15, -0.1) is 0 Å². The van der Waals surface area contributed by atoms with Crippen LogP contribution in [0.5, 0.6) is 0 Å². The van der Waals surface area contributed by atoms with Gasteiger partial charge in [0.2, 0.25) is 6.54 Å². The van der Waals surface area contributed by atoms with E-state index in [1.54, 1.807) is 0 Å². The van der Waals surface area contributed by atoms with Gasteiger partial charge < -0.3 is 14.7 Å². The molecule has 158 valence electrons. The number of benzene rings is 1. The second-order valence-corrected chi connectivity index (χ2v) is 8.31. The minimum Gasteiger partial charge on any atom is -0.396 e. The first-order chi connectivity index (χ1) is 13.5. The second-order valence-electron chi connectivity index (χ2n) is 6.65. The van der Waals surface area contributed by atoms with Crippen LogP contribution < -0.4 is 0 Å². The van der Waals surface area contributed by atoms with Crippen molar-refractivity contribution in [2.24, 2.45) is 11.8 Å². The normalized spacial score (nSPS) is 16.7. The van der Waals surface area contributed by atoms with Crippen molar-refractivity contribution >= 4 is 7.82 Å². The number of aliphatic hydroxyl groups is 1. The molecular formula is C20H32NO6P. The molecule has 0 saturated heterocycles. The van der Waals surface area contributed by atoms with Crippen LogP contribution in [0.4, 0.5) is 0 Å². The number of hydrogen-bond donors (Lipinski definition) is 1. The summed E-state index contributed by atoms with van der Waals surface area (Å²) in [5.41, 5.74) is 1.01. The molecule has 0 saturated carbocycles. The third-order valence-corrected chi connectivity index (χ3v) is 5.84. The van der Waals surface area contributed by atoms with Crippen LogP contribution in [0.15, 0.2) is 30.3 Å². The largest absolute Gasteiger partial charge is 0.475 e. The monoisotopic (exact) mass is 413 g/mol. The lowest BCUT2D eigenvalue weighted by Crippen LogP contribution is -2.32. The van der Waals surface area contributed by atoms with Crippen LogP contribution >= 0.6 is 7.82 Å². The van der Waals surface area contributed by atoms with Crippen molar-refractivity contribution in [2.45, 2.75) is 39.9 Å².